The van der Waals surface area contributed by atoms with E-state index in [4.69, 9.17) is 0 Å². The minimum Gasteiger partial charge on any atom is -0.327 e. The highest BCUT2D eigenvalue weighted by molar-refractivity contribution is 5.85. The molecule has 1 aromatic rings. The van der Waals surface area contributed by atoms with E-state index in [1.54, 1.807) is 24.1 Å². The normalized spacial score (nSPS) is 21.7. The van der Waals surface area contributed by atoms with Crippen LogP contribution in [0.15, 0.2) is 24.3 Å². The quantitative estimate of drug-likeness (QED) is 0.659. The Hall–Kier alpha value is -1.95. The summed E-state index contributed by atoms with van der Waals surface area (Å²) in [5.41, 5.74) is 0.608. The van der Waals surface area contributed by atoms with Crippen molar-refractivity contribution in [1.82, 2.24) is 10.2 Å². The van der Waals surface area contributed by atoms with Gasteiger partial charge in [0.1, 0.15) is 0 Å². The topological polar surface area (TPSA) is 75.5 Å². The molecule has 6 heteroatoms. The number of non-ortho nitro benzene ring substituents is 1. The number of nitrogens with one attached hydrogen (secondary N) is 1. The molecule has 0 bridgehead atoms. The Morgan fingerprint density at radius 2 is 1.95 bits per heavy atom. The number of nitro groups is 1. The fourth-order valence-electron chi connectivity index (χ4n) is 2.22. The Balaban J connectivity index is 2.10. The van der Waals surface area contributed by atoms with Gasteiger partial charge in [0.05, 0.1) is 16.6 Å². The van der Waals surface area contributed by atoms with Gasteiger partial charge in [0.15, 0.2) is 0 Å². The molecule has 1 amide bonds. The van der Waals surface area contributed by atoms with Gasteiger partial charge < -0.3 is 4.90 Å². The van der Waals surface area contributed by atoms with Crippen molar-refractivity contribution in [2.24, 2.45) is 0 Å². The second-order valence-corrected chi connectivity index (χ2v) is 5.28. The lowest BCUT2D eigenvalue weighted by atomic mass is 10.1. The summed E-state index contributed by atoms with van der Waals surface area (Å²) in [6.45, 7) is 3.89. The van der Waals surface area contributed by atoms with Crippen molar-refractivity contribution in [2.45, 2.75) is 32.0 Å². The molecular formula is C13H17N3O3. The smallest absolute Gasteiger partial charge is 0.269 e. The summed E-state index contributed by atoms with van der Waals surface area (Å²) in [7, 11) is 1.77. The second kappa shape index (κ2) is 4.62. The molecule has 2 rings (SSSR count). The van der Waals surface area contributed by atoms with E-state index in [9.17, 15) is 14.9 Å². The van der Waals surface area contributed by atoms with Gasteiger partial charge in [-0.05, 0) is 25.8 Å². The van der Waals surface area contributed by atoms with E-state index in [0.29, 0.717) is 6.42 Å². The van der Waals surface area contributed by atoms with Crippen molar-refractivity contribution >= 4 is 11.6 Å². The van der Waals surface area contributed by atoms with Crippen LogP contribution in [0, 0.1) is 10.1 Å². The second-order valence-electron chi connectivity index (χ2n) is 5.28. The molecule has 1 heterocycles. The average Bonchev–Trinajstić information content (AvgIpc) is 2.54. The molecule has 1 N–H and O–H groups in total. The molecule has 0 spiro atoms. The van der Waals surface area contributed by atoms with E-state index < -0.39 is 4.92 Å². The first-order valence-corrected chi connectivity index (χ1v) is 6.10. The first kappa shape index (κ1) is 13.5. The number of hydrogen-bond acceptors (Lipinski definition) is 4. The molecule has 6 nitrogen and oxygen atoms in total. The molecule has 1 fully saturated rings. The van der Waals surface area contributed by atoms with Crippen LogP contribution in [0.5, 0.6) is 0 Å². The van der Waals surface area contributed by atoms with E-state index in [2.05, 4.69) is 5.32 Å². The third kappa shape index (κ3) is 2.58. The van der Waals surface area contributed by atoms with Gasteiger partial charge in [0, 0.05) is 19.2 Å². The van der Waals surface area contributed by atoms with Crippen molar-refractivity contribution in [1.29, 1.82) is 0 Å². The number of carbonyl (C=O) groups excluding carboxylic acids is 1. The zero-order valence-electron chi connectivity index (χ0n) is 11.2. The number of carbonyl (C=O) groups is 1. The molecule has 0 aliphatic carbocycles. The Bertz CT molecular complexity index is 510. The van der Waals surface area contributed by atoms with Crippen molar-refractivity contribution in [2.75, 3.05) is 7.05 Å². The van der Waals surface area contributed by atoms with Crippen molar-refractivity contribution < 1.29 is 9.72 Å². The predicted octanol–water partition coefficient (Wildman–Crippen LogP) is 1.30. The standard InChI is InChI=1S/C13H17N3O3/c1-13(2)14-11(12(17)15(13)3)8-9-4-6-10(7-5-9)16(18)19/h4-7,11,14H,8H2,1-3H3/t11-/m0/s1. The lowest BCUT2D eigenvalue weighted by molar-refractivity contribution is -0.384. The van der Waals surface area contributed by atoms with Crippen LogP contribution >= 0.6 is 0 Å². The maximum atomic E-state index is 12.1. The molecule has 19 heavy (non-hydrogen) atoms. The Kier molecular flexibility index (Phi) is 3.28. The summed E-state index contributed by atoms with van der Waals surface area (Å²) in [6.07, 6.45) is 0.532. The van der Waals surface area contributed by atoms with Crippen LogP contribution in [0.25, 0.3) is 0 Å². The molecule has 1 aromatic carbocycles. The highest BCUT2D eigenvalue weighted by Gasteiger charge is 2.41. The zero-order chi connectivity index (χ0) is 14.2. The lowest BCUT2D eigenvalue weighted by Crippen LogP contribution is -2.45. The van der Waals surface area contributed by atoms with Gasteiger partial charge >= 0.3 is 0 Å². The molecule has 1 saturated heterocycles. The summed E-state index contributed by atoms with van der Waals surface area (Å²) in [4.78, 5) is 23.9. The monoisotopic (exact) mass is 263 g/mol. The molecule has 0 aromatic heterocycles. The summed E-state index contributed by atoms with van der Waals surface area (Å²) in [5.74, 6) is 0.0448. The molecule has 1 atom stereocenters. The van der Waals surface area contributed by atoms with Gasteiger partial charge in [0.2, 0.25) is 5.91 Å². The van der Waals surface area contributed by atoms with Crippen LogP contribution in [0.4, 0.5) is 5.69 Å². The zero-order valence-corrected chi connectivity index (χ0v) is 11.2. The number of likely N-dealkylation sites (N-methyl/N-ethyl adjacent to an activating group) is 1. The SMILES string of the molecule is CN1C(=O)[C@H](Cc2ccc([N+](=O)[O-])cc2)NC1(C)C. The van der Waals surface area contributed by atoms with Gasteiger partial charge in [-0.1, -0.05) is 12.1 Å². The molecule has 1 aliphatic heterocycles. The van der Waals surface area contributed by atoms with Crippen LogP contribution in [0.2, 0.25) is 0 Å². The van der Waals surface area contributed by atoms with Crippen molar-refractivity contribution in [3.05, 3.63) is 39.9 Å². The maximum Gasteiger partial charge on any atom is 0.269 e. The van der Waals surface area contributed by atoms with Crippen LogP contribution in [0.3, 0.4) is 0 Å². The fourth-order valence-corrected chi connectivity index (χ4v) is 2.22. The highest BCUT2D eigenvalue weighted by Crippen LogP contribution is 2.21. The summed E-state index contributed by atoms with van der Waals surface area (Å²) >= 11 is 0. The number of nitro benzene ring substituents is 1. The molecule has 0 radical (unpaired) electrons. The van der Waals surface area contributed by atoms with Gasteiger partial charge in [-0.3, -0.25) is 20.2 Å². The van der Waals surface area contributed by atoms with Crippen molar-refractivity contribution in [3.8, 4) is 0 Å². The summed E-state index contributed by atoms with van der Waals surface area (Å²) in [5, 5.41) is 13.8. The Morgan fingerprint density at radius 1 is 1.37 bits per heavy atom. The van der Waals surface area contributed by atoms with Crippen LogP contribution < -0.4 is 5.32 Å². The van der Waals surface area contributed by atoms with E-state index in [1.807, 2.05) is 13.8 Å². The maximum absolute atomic E-state index is 12.1. The van der Waals surface area contributed by atoms with E-state index in [0.717, 1.165) is 5.56 Å². The molecule has 0 saturated carbocycles. The van der Waals surface area contributed by atoms with Crippen LogP contribution in [-0.4, -0.2) is 34.5 Å². The van der Waals surface area contributed by atoms with E-state index in [-0.39, 0.29) is 23.3 Å². The lowest BCUT2D eigenvalue weighted by Gasteiger charge is -2.27. The predicted molar refractivity (Wildman–Crippen MR) is 70.6 cm³/mol. The van der Waals surface area contributed by atoms with Gasteiger partial charge in [0.25, 0.3) is 5.69 Å². The largest absolute Gasteiger partial charge is 0.327 e. The third-order valence-electron chi connectivity index (χ3n) is 3.58. The minimum atomic E-state index is -0.431. The van der Waals surface area contributed by atoms with Crippen molar-refractivity contribution in [3.63, 3.8) is 0 Å². The number of nitrogens with zero attached hydrogens (tertiary/aromatic N) is 2. The number of hydrogen-bond donors (Lipinski definition) is 1. The average molecular weight is 263 g/mol. The summed E-state index contributed by atoms with van der Waals surface area (Å²) in [6, 6.07) is 6.03. The van der Waals surface area contributed by atoms with Gasteiger partial charge in [-0.15, -0.1) is 0 Å². The number of rotatable bonds is 3. The minimum absolute atomic E-state index is 0.0448. The van der Waals surface area contributed by atoms with Crippen LogP contribution in [-0.2, 0) is 11.2 Å². The first-order valence-electron chi connectivity index (χ1n) is 6.10. The Labute approximate surface area is 111 Å². The van der Waals surface area contributed by atoms with Crippen LogP contribution in [0.1, 0.15) is 19.4 Å². The number of benzene rings is 1. The number of amides is 1. The van der Waals surface area contributed by atoms with Gasteiger partial charge in [-0.2, -0.15) is 0 Å². The molecule has 1 aliphatic rings. The third-order valence-corrected chi connectivity index (χ3v) is 3.58. The molecule has 102 valence electrons. The highest BCUT2D eigenvalue weighted by atomic mass is 16.6. The fraction of sp³-hybridized carbons (Fsp3) is 0.462. The summed E-state index contributed by atoms with van der Waals surface area (Å²) < 4.78 is 0. The molecular weight excluding hydrogens is 246 g/mol. The van der Waals surface area contributed by atoms with E-state index in [1.165, 1.54) is 12.1 Å². The Morgan fingerprint density at radius 3 is 2.37 bits per heavy atom. The first-order chi connectivity index (χ1) is 8.81. The van der Waals surface area contributed by atoms with Gasteiger partial charge in [-0.25, -0.2) is 0 Å². The molecule has 0 unspecified atom stereocenters. The van der Waals surface area contributed by atoms with E-state index >= 15 is 0 Å².